The summed E-state index contributed by atoms with van der Waals surface area (Å²) in [5.41, 5.74) is -0.325. The predicted octanol–water partition coefficient (Wildman–Crippen LogP) is 5.57. The Morgan fingerprint density at radius 3 is 2.33 bits per heavy atom. The molecule has 0 aliphatic rings. The quantitative estimate of drug-likeness (QED) is 0.272. The number of alkyl halides is 3. The lowest BCUT2D eigenvalue weighted by molar-refractivity contribution is -0.137. The van der Waals surface area contributed by atoms with Gasteiger partial charge < -0.3 is 14.5 Å². The van der Waals surface area contributed by atoms with Crippen molar-refractivity contribution in [1.29, 1.82) is 0 Å². The Kier molecular flexibility index (Phi) is 8.58. The van der Waals surface area contributed by atoms with Crippen LogP contribution in [0.1, 0.15) is 41.1 Å². The van der Waals surface area contributed by atoms with Crippen LogP contribution < -0.4 is 10.3 Å². The van der Waals surface area contributed by atoms with Crippen molar-refractivity contribution in [2.45, 2.75) is 25.6 Å². The first-order chi connectivity index (χ1) is 19.0. The van der Waals surface area contributed by atoms with Gasteiger partial charge in [-0.2, -0.15) is 13.2 Å². The molecule has 0 aliphatic heterocycles. The fourth-order valence-electron chi connectivity index (χ4n) is 4.60. The summed E-state index contributed by atoms with van der Waals surface area (Å²) in [6, 6.07) is 17.5. The average molecular weight is 553 g/mol. The fourth-order valence-corrected chi connectivity index (χ4v) is 4.60. The Morgan fingerprint density at radius 1 is 1.00 bits per heavy atom. The molecule has 0 spiro atoms. The molecule has 0 radical (unpaired) electrons. The Labute approximate surface area is 230 Å². The molecule has 1 aromatic heterocycles. The van der Waals surface area contributed by atoms with Crippen molar-refractivity contribution in [1.82, 2.24) is 19.4 Å². The number of halogens is 3. The highest BCUT2D eigenvalue weighted by Gasteiger charge is 2.33. The summed E-state index contributed by atoms with van der Waals surface area (Å²) < 4.78 is 47.2. The van der Waals surface area contributed by atoms with Crippen molar-refractivity contribution < 1.29 is 22.7 Å². The normalized spacial score (nSPS) is 12.5. The van der Waals surface area contributed by atoms with Gasteiger partial charge in [0.1, 0.15) is 11.6 Å². The second-order valence-corrected chi connectivity index (χ2v) is 9.63. The Hall–Kier alpha value is -4.18. The number of nitrogens with zero attached hydrogens (tertiary/aromatic N) is 4. The van der Waals surface area contributed by atoms with Crippen LogP contribution in [0.25, 0.3) is 16.6 Å². The summed E-state index contributed by atoms with van der Waals surface area (Å²) in [6.07, 6.45) is -4.23. The molecule has 1 atom stereocenters. The molecule has 0 fully saturated rings. The highest BCUT2D eigenvalue weighted by molar-refractivity contribution is 5.94. The number of amides is 1. The van der Waals surface area contributed by atoms with Gasteiger partial charge >= 0.3 is 6.18 Å². The summed E-state index contributed by atoms with van der Waals surface area (Å²) in [7, 11) is 5.23. The fraction of sp³-hybridized carbons (Fsp3) is 0.300. The van der Waals surface area contributed by atoms with Crippen molar-refractivity contribution in [3.05, 3.63) is 100 Å². The van der Waals surface area contributed by atoms with Gasteiger partial charge in [-0.05, 0) is 75.1 Å². The van der Waals surface area contributed by atoms with Gasteiger partial charge in [0.25, 0.3) is 11.5 Å². The number of hydrogen-bond acceptors (Lipinski definition) is 5. The summed E-state index contributed by atoms with van der Waals surface area (Å²) in [5, 5.41) is 0.404. The second-order valence-electron chi connectivity index (χ2n) is 9.63. The minimum absolute atomic E-state index is 0.0915. The molecule has 0 saturated carbocycles. The number of fused-ring (bicyclic) bond motifs is 1. The van der Waals surface area contributed by atoms with Gasteiger partial charge in [-0.1, -0.05) is 25.1 Å². The SMILES string of the molecule is CCC(c1nc2ccccc2c(=O)n1-c1ccc(OC)cc1)N(CCN(C)C)C(=O)c1cccc(C(F)(F)F)c1. The molecule has 4 rings (SSSR count). The van der Waals surface area contributed by atoms with Gasteiger partial charge in [0, 0.05) is 18.7 Å². The largest absolute Gasteiger partial charge is 0.497 e. The van der Waals surface area contributed by atoms with E-state index in [2.05, 4.69) is 0 Å². The number of rotatable bonds is 9. The van der Waals surface area contributed by atoms with E-state index in [9.17, 15) is 22.8 Å². The number of likely N-dealkylation sites (N-methyl/N-ethyl adjacent to an activating group) is 1. The smallest absolute Gasteiger partial charge is 0.416 e. The van der Waals surface area contributed by atoms with E-state index in [1.165, 1.54) is 21.6 Å². The number of methoxy groups -OCH3 is 1. The Balaban J connectivity index is 1.92. The van der Waals surface area contributed by atoms with Crippen molar-refractivity contribution in [3.63, 3.8) is 0 Å². The van der Waals surface area contributed by atoms with E-state index in [0.29, 0.717) is 41.1 Å². The molecule has 4 aromatic rings. The topological polar surface area (TPSA) is 67.7 Å². The van der Waals surface area contributed by atoms with Crippen molar-refractivity contribution in [2.24, 2.45) is 0 Å². The van der Waals surface area contributed by atoms with E-state index in [-0.39, 0.29) is 17.7 Å². The number of ether oxygens (including phenoxy) is 1. The molecule has 0 saturated heterocycles. The second kappa shape index (κ2) is 11.9. The summed E-state index contributed by atoms with van der Waals surface area (Å²) in [5.74, 6) is 0.338. The molecule has 40 heavy (non-hydrogen) atoms. The van der Waals surface area contributed by atoms with Gasteiger partial charge in [0.15, 0.2) is 0 Å². The number of benzene rings is 3. The molecule has 210 valence electrons. The monoisotopic (exact) mass is 552 g/mol. The highest BCUT2D eigenvalue weighted by atomic mass is 19.4. The summed E-state index contributed by atoms with van der Waals surface area (Å²) >= 11 is 0. The zero-order valence-corrected chi connectivity index (χ0v) is 22.8. The van der Waals surface area contributed by atoms with Gasteiger partial charge in [-0.15, -0.1) is 0 Å². The third-order valence-corrected chi connectivity index (χ3v) is 6.68. The predicted molar refractivity (Wildman–Crippen MR) is 148 cm³/mol. The zero-order chi connectivity index (χ0) is 29.0. The lowest BCUT2D eigenvalue weighted by Crippen LogP contribution is -2.42. The van der Waals surface area contributed by atoms with Crippen molar-refractivity contribution in [2.75, 3.05) is 34.3 Å². The molecule has 0 bridgehead atoms. The number of carbonyl (C=O) groups excluding carboxylic acids is 1. The molecule has 0 aliphatic carbocycles. The van der Waals surface area contributed by atoms with E-state index < -0.39 is 23.7 Å². The standard InChI is InChI=1S/C30H31F3N4O3/c1-5-26(36(18-17-35(2)3)28(38)20-9-8-10-21(19-20)30(31,32)33)27-34-25-12-7-6-11-24(25)29(39)37(27)22-13-15-23(40-4)16-14-22/h6-16,19,26H,5,17-18H2,1-4H3. The van der Waals surface area contributed by atoms with Gasteiger partial charge in [-0.3, -0.25) is 14.2 Å². The lowest BCUT2D eigenvalue weighted by atomic mass is 10.1. The Morgan fingerprint density at radius 2 is 1.70 bits per heavy atom. The molecular formula is C30H31F3N4O3. The number of hydrogen-bond donors (Lipinski definition) is 0. The first kappa shape index (κ1) is 28.8. The average Bonchev–Trinajstić information content (AvgIpc) is 2.94. The first-order valence-electron chi connectivity index (χ1n) is 12.8. The summed E-state index contributed by atoms with van der Waals surface area (Å²) in [6.45, 7) is 2.50. The van der Waals surface area contributed by atoms with Crippen LogP contribution in [0.5, 0.6) is 5.75 Å². The van der Waals surface area contributed by atoms with Crippen LogP contribution in [-0.4, -0.2) is 59.6 Å². The molecule has 3 aromatic carbocycles. The zero-order valence-electron chi connectivity index (χ0n) is 22.8. The van der Waals surface area contributed by atoms with E-state index in [1.54, 1.807) is 55.6 Å². The third kappa shape index (κ3) is 6.02. The van der Waals surface area contributed by atoms with Crippen molar-refractivity contribution in [3.8, 4) is 11.4 Å². The van der Waals surface area contributed by atoms with E-state index >= 15 is 0 Å². The van der Waals surface area contributed by atoms with Crippen molar-refractivity contribution >= 4 is 16.8 Å². The third-order valence-electron chi connectivity index (χ3n) is 6.68. The van der Waals surface area contributed by atoms with Crippen LogP contribution in [0.4, 0.5) is 13.2 Å². The summed E-state index contributed by atoms with van der Waals surface area (Å²) in [4.78, 5) is 36.0. The molecule has 7 nitrogen and oxygen atoms in total. The highest BCUT2D eigenvalue weighted by Crippen LogP contribution is 2.32. The molecule has 0 N–H and O–H groups in total. The van der Waals surface area contributed by atoms with Crippen LogP contribution >= 0.6 is 0 Å². The number of aromatic nitrogens is 2. The van der Waals surface area contributed by atoms with E-state index in [0.717, 1.165) is 12.1 Å². The molecule has 10 heteroatoms. The molecular weight excluding hydrogens is 521 g/mol. The number of para-hydroxylation sites is 1. The van der Waals surface area contributed by atoms with Crippen LogP contribution in [0, 0.1) is 0 Å². The minimum Gasteiger partial charge on any atom is -0.497 e. The van der Waals surface area contributed by atoms with Gasteiger partial charge in [0.2, 0.25) is 0 Å². The maximum atomic E-state index is 13.9. The van der Waals surface area contributed by atoms with Gasteiger partial charge in [-0.25, -0.2) is 4.98 Å². The molecule has 1 amide bonds. The maximum absolute atomic E-state index is 13.9. The van der Waals surface area contributed by atoms with E-state index in [4.69, 9.17) is 9.72 Å². The van der Waals surface area contributed by atoms with Crippen LogP contribution in [-0.2, 0) is 6.18 Å². The van der Waals surface area contributed by atoms with E-state index in [1.807, 2.05) is 25.9 Å². The van der Waals surface area contributed by atoms with Crippen LogP contribution in [0.15, 0.2) is 77.6 Å². The Bertz CT molecular complexity index is 1550. The first-order valence-corrected chi connectivity index (χ1v) is 12.8. The van der Waals surface area contributed by atoms with Gasteiger partial charge in [0.05, 0.1) is 35.3 Å². The lowest BCUT2D eigenvalue weighted by Gasteiger charge is -2.33. The van der Waals surface area contributed by atoms with Crippen LogP contribution in [0.2, 0.25) is 0 Å². The van der Waals surface area contributed by atoms with Crippen LogP contribution in [0.3, 0.4) is 0 Å². The number of carbonyl (C=O) groups is 1. The molecule has 1 unspecified atom stereocenters. The maximum Gasteiger partial charge on any atom is 0.416 e. The minimum atomic E-state index is -4.59. The molecule has 1 heterocycles.